The number of anilines is 1. The summed E-state index contributed by atoms with van der Waals surface area (Å²) >= 11 is 4.32. The molecule has 3 rings (SSSR count). The van der Waals surface area contributed by atoms with E-state index in [-0.39, 0.29) is 28.7 Å². The number of rotatable bonds is 7. The van der Waals surface area contributed by atoms with Gasteiger partial charge in [0.15, 0.2) is 0 Å². The summed E-state index contributed by atoms with van der Waals surface area (Å²) in [5.74, 6) is -1.12. The molecule has 1 aliphatic rings. The maximum atomic E-state index is 13.2. The number of nitrogens with one attached hydrogen (secondary N) is 3. The van der Waals surface area contributed by atoms with Crippen LogP contribution >= 0.6 is 12.6 Å². The third-order valence-corrected chi connectivity index (χ3v) is 8.48. The zero-order valence-electron chi connectivity index (χ0n) is 17.8. The smallest absolute Gasteiger partial charge is 0.257 e. The number of carbonyl (C=O) groups is 2. The highest BCUT2D eigenvalue weighted by Gasteiger charge is 2.43. The molecule has 0 radical (unpaired) electrons. The van der Waals surface area contributed by atoms with Crippen LogP contribution in [0.25, 0.3) is 0 Å². The average molecular weight is 513 g/mol. The standard InChI is InChI=1S/C20H24N4O6S3/c1-13-3-7-17(8-4-13)32(27,28)23-22-20(26)19-11-16(31)12-24(19)33(29,30)18-9-5-15(6-10-18)21-14(2)25/h3-10,16,19,23,31H,11-12H2,1-2H3,(H,21,25)(H,22,26)/t16-,19+/m1/s1. The number of nitrogens with zero attached hydrogens (tertiary/aromatic N) is 1. The molecule has 2 aromatic rings. The first kappa shape index (κ1) is 25.2. The van der Waals surface area contributed by atoms with Crippen LogP contribution in [0.3, 0.4) is 0 Å². The topological polar surface area (TPSA) is 142 Å². The van der Waals surface area contributed by atoms with E-state index in [4.69, 9.17) is 0 Å². The SMILES string of the molecule is CC(=O)Nc1ccc(S(=O)(=O)N2C[C@H](S)C[C@H]2C(=O)NNS(=O)(=O)c2ccc(C)cc2)cc1. The number of aryl methyl sites for hydroxylation is 1. The minimum absolute atomic E-state index is 0.0261. The summed E-state index contributed by atoms with van der Waals surface area (Å²) in [5.41, 5.74) is 3.41. The Balaban J connectivity index is 1.76. The van der Waals surface area contributed by atoms with E-state index in [9.17, 15) is 26.4 Å². The van der Waals surface area contributed by atoms with Gasteiger partial charge in [-0.3, -0.25) is 15.0 Å². The number of sulfonamides is 2. The molecule has 13 heteroatoms. The number of benzene rings is 2. The lowest BCUT2D eigenvalue weighted by Crippen LogP contribution is -2.51. The average Bonchev–Trinajstić information content (AvgIpc) is 3.15. The maximum absolute atomic E-state index is 13.2. The molecule has 1 aliphatic heterocycles. The van der Waals surface area contributed by atoms with Crippen molar-refractivity contribution in [3.63, 3.8) is 0 Å². The molecule has 2 aromatic carbocycles. The second-order valence-corrected chi connectivity index (χ2v) is 11.9. The molecule has 10 nitrogen and oxygen atoms in total. The third kappa shape index (κ3) is 5.92. The van der Waals surface area contributed by atoms with Crippen LogP contribution in [-0.4, -0.2) is 50.8 Å². The number of amides is 2. The highest BCUT2D eigenvalue weighted by Crippen LogP contribution is 2.29. The monoisotopic (exact) mass is 512 g/mol. The fourth-order valence-electron chi connectivity index (χ4n) is 3.31. The Morgan fingerprint density at radius 1 is 0.970 bits per heavy atom. The van der Waals surface area contributed by atoms with Gasteiger partial charge in [-0.2, -0.15) is 16.9 Å². The van der Waals surface area contributed by atoms with Gasteiger partial charge in [-0.25, -0.2) is 16.8 Å². The normalized spacial score (nSPS) is 19.2. The molecular weight excluding hydrogens is 488 g/mol. The molecule has 0 saturated carbocycles. The summed E-state index contributed by atoms with van der Waals surface area (Å²) in [4.78, 5) is 25.8. The maximum Gasteiger partial charge on any atom is 0.257 e. The van der Waals surface area contributed by atoms with Crippen molar-refractivity contribution in [2.24, 2.45) is 0 Å². The van der Waals surface area contributed by atoms with Crippen LogP contribution < -0.4 is 15.6 Å². The first-order chi connectivity index (χ1) is 15.4. The Kier molecular flexibility index (Phi) is 7.49. The van der Waals surface area contributed by atoms with Gasteiger partial charge in [-0.05, 0) is 49.7 Å². The van der Waals surface area contributed by atoms with Gasteiger partial charge in [-0.1, -0.05) is 17.7 Å². The number of hydrogen-bond acceptors (Lipinski definition) is 7. The van der Waals surface area contributed by atoms with Crippen molar-refractivity contribution < 1.29 is 26.4 Å². The largest absolute Gasteiger partial charge is 0.326 e. The quantitative estimate of drug-likeness (QED) is 0.322. The van der Waals surface area contributed by atoms with Gasteiger partial charge >= 0.3 is 0 Å². The van der Waals surface area contributed by atoms with Gasteiger partial charge in [0.25, 0.3) is 15.9 Å². The van der Waals surface area contributed by atoms with E-state index < -0.39 is 37.2 Å². The first-order valence-electron chi connectivity index (χ1n) is 9.86. The highest BCUT2D eigenvalue weighted by atomic mass is 32.2. The Bertz CT molecular complexity index is 1250. The summed E-state index contributed by atoms with van der Waals surface area (Å²) < 4.78 is 52.2. The van der Waals surface area contributed by atoms with E-state index in [1.54, 1.807) is 12.1 Å². The fraction of sp³-hybridized carbons (Fsp3) is 0.300. The second-order valence-electron chi connectivity index (χ2n) is 7.59. The van der Waals surface area contributed by atoms with Crippen molar-refractivity contribution in [3.8, 4) is 0 Å². The van der Waals surface area contributed by atoms with Gasteiger partial charge in [-0.15, -0.1) is 4.83 Å². The van der Waals surface area contributed by atoms with E-state index in [2.05, 4.69) is 23.4 Å². The molecule has 2 atom stereocenters. The molecule has 1 saturated heterocycles. The molecule has 0 bridgehead atoms. The van der Waals surface area contributed by atoms with Crippen molar-refractivity contribution in [1.82, 2.24) is 14.6 Å². The molecule has 1 fully saturated rings. The molecule has 0 aromatic heterocycles. The van der Waals surface area contributed by atoms with Crippen LogP contribution in [0.1, 0.15) is 18.9 Å². The lowest BCUT2D eigenvalue weighted by atomic mass is 10.2. The van der Waals surface area contributed by atoms with E-state index in [1.807, 2.05) is 11.8 Å². The van der Waals surface area contributed by atoms with Crippen molar-refractivity contribution in [3.05, 3.63) is 54.1 Å². The van der Waals surface area contributed by atoms with E-state index in [0.29, 0.717) is 5.69 Å². The zero-order chi connectivity index (χ0) is 24.4. The predicted octanol–water partition coefficient (Wildman–Crippen LogP) is 1.02. The molecule has 0 aliphatic carbocycles. The summed E-state index contributed by atoms with van der Waals surface area (Å²) in [6.45, 7) is 3.11. The zero-order valence-corrected chi connectivity index (χ0v) is 20.4. The molecule has 0 unspecified atom stereocenters. The lowest BCUT2D eigenvalue weighted by Gasteiger charge is -2.23. The van der Waals surface area contributed by atoms with Crippen LogP contribution in [0.5, 0.6) is 0 Å². The van der Waals surface area contributed by atoms with E-state index >= 15 is 0 Å². The molecule has 0 spiro atoms. The number of hydrogen-bond donors (Lipinski definition) is 4. The Labute approximate surface area is 198 Å². The predicted molar refractivity (Wildman–Crippen MR) is 125 cm³/mol. The molecule has 1 heterocycles. The van der Waals surface area contributed by atoms with Crippen molar-refractivity contribution in [2.45, 2.75) is 41.4 Å². The van der Waals surface area contributed by atoms with E-state index in [1.165, 1.54) is 43.3 Å². The van der Waals surface area contributed by atoms with Crippen LogP contribution in [0.15, 0.2) is 58.3 Å². The van der Waals surface area contributed by atoms with Gasteiger partial charge < -0.3 is 5.32 Å². The minimum Gasteiger partial charge on any atom is -0.326 e. The van der Waals surface area contributed by atoms with Crippen LogP contribution in [0, 0.1) is 6.92 Å². The Morgan fingerprint density at radius 2 is 1.55 bits per heavy atom. The summed E-state index contributed by atoms with van der Waals surface area (Å²) in [7, 11) is -8.13. The molecular formula is C20H24N4O6S3. The number of carbonyl (C=O) groups excluding carboxylic acids is 2. The Hall–Kier alpha value is -2.45. The molecule has 3 N–H and O–H groups in total. The van der Waals surface area contributed by atoms with Gasteiger partial charge in [0, 0.05) is 24.4 Å². The van der Waals surface area contributed by atoms with Gasteiger partial charge in [0.1, 0.15) is 6.04 Å². The summed E-state index contributed by atoms with van der Waals surface area (Å²) in [6.07, 6.45) is 0.102. The summed E-state index contributed by atoms with van der Waals surface area (Å²) in [5, 5.41) is 2.13. The molecule has 178 valence electrons. The van der Waals surface area contributed by atoms with Gasteiger partial charge in [0.05, 0.1) is 9.79 Å². The third-order valence-electron chi connectivity index (χ3n) is 4.96. The molecule has 33 heavy (non-hydrogen) atoms. The van der Waals surface area contributed by atoms with Crippen LogP contribution in [0.4, 0.5) is 5.69 Å². The Morgan fingerprint density at radius 3 is 2.12 bits per heavy atom. The van der Waals surface area contributed by atoms with Crippen molar-refractivity contribution in [1.29, 1.82) is 0 Å². The highest BCUT2D eigenvalue weighted by molar-refractivity contribution is 7.89. The fourth-order valence-corrected chi connectivity index (χ4v) is 6.29. The summed E-state index contributed by atoms with van der Waals surface area (Å²) in [6, 6.07) is 10.4. The first-order valence-corrected chi connectivity index (χ1v) is 13.3. The number of hydrazine groups is 1. The lowest BCUT2D eigenvalue weighted by molar-refractivity contribution is -0.124. The van der Waals surface area contributed by atoms with Crippen LogP contribution in [-0.2, 0) is 29.6 Å². The van der Waals surface area contributed by atoms with Crippen LogP contribution in [0.2, 0.25) is 0 Å². The van der Waals surface area contributed by atoms with Gasteiger partial charge in [0.2, 0.25) is 15.9 Å². The van der Waals surface area contributed by atoms with Crippen molar-refractivity contribution in [2.75, 3.05) is 11.9 Å². The number of thiol groups is 1. The molecule has 2 amide bonds. The van der Waals surface area contributed by atoms with Crippen molar-refractivity contribution >= 4 is 50.2 Å². The minimum atomic E-state index is -4.09. The second kappa shape index (κ2) is 9.81. The van der Waals surface area contributed by atoms with E-state index in [0.717, 1.165) is 9.87 Å².